The molecule has 0 aromatic carbocycles. The zero-order valence-electron chi connectivity index (χ0n) is 11.2. The standard InChI is InChI=1S/C13H13BrClNO2S3/c1-8-10-3-5-19-11(10)2-4-16(8)21(17,18)12-6-9(7-15)20-13(12)14/h3,5-6,8H,2,4,7H2,1H3. The molecule has 3 nitrogen and oxygen atoms in total. The number of sulfonamides is 1. The minimum absolute atomic E-state index is 0.128. The van der Waals surface area contributed by atoms with Crippen LogP contribution in [0.1, 0.15) is 28.3 Å². The van der Waals surface area contributed by atoms with Crippen molar-refractivity contribution in [3.05, 3.63) is 36.6 Å². The molecule has 0 amide bonds. The van der Waals surface area contributed by atoms with Gasteiger partial charge in [0.2, 0.25) is 10.0 Å². The van der Waals surface area contributed by atoms with Crippen molar-refractivity contribution in [3.63, 3.8) is 0 Å². The molecule has 114 valence electrons. The van der Waals surface area contributed by atoms with Crippen LogP contribution in [-0.2, 0) is 22.3 Å². The Bertz CT molecular complexity index is 768. The number of fused-ring (bicyclic) bond motifs is 1. The molecule has 0 radical (unpaired) electrons. The highest BCUT2D eigenvalue weighted by Crippen LogP contribution is 2.40. The van der Waals surface area contributed by atoms with E-state index >= 15 is 0 Å². The van der Waals surface area contributed by atoms with Crippen molar-refractivity contribution in [2.24, 2.45) is 0 Å². The Morgan fingerprint density at radius 2 is 2.29 bits per heavy atom. The van der Waals surface area contributed by atoms with Crippen LogP contribution in [0.3, 0.4) is 0 Å². The van der Waals surface area contributed by atoms with Crippen LogP contribution >= 0.6 is 50.2 Å². The number of thiophene rings is 2. The molecule has 1 atom stereocenters. The third-order valence-corrected chi connectivity index (χ3v) is 9.31. The molecule has 0 N–H and O–H groups in total. The van der Waals surface area contributed by atoms with Gasteiger partial charge in [-0.15, -0.1) is 34.3 Å². The van der Waals surface area contributed by atoms with Crippen LogP contribution in [0.2, 0.25) is 0 Å². The lowest BCUT2D eigenvalue weighted by Crippen LogP contribution is -2.38. The van der Waals surface area contributed by atoms with E-state index in [0.29, 0.717) is 21.1 Å². The van der Waals surface area contributed by atoms with Gasteiger partial charge in [-0.05, 0) is 52.4 Å². The van der Waals surface area contributed by atoms with E-state index in [1.165, 1.54) is 16.2 Å². The van der Waals surface area contributed by atoms with Crippen LogP contribution < -0.4 is 0 Å². The maximum Gasteiger partial charge on any atom is 0.245 e. The van der Waals surface area contributed by atoms with Gasteiger partial charge in [0.05, 0.1) is 9.67 Å². The van der Waals surface area contributed by atoms with E-state index in [-0.39, 0.29) is 6.04 Å². The van der Waals surface area contributed by atoms with Gasteiger partial charge < -0.3 is 0 Å². The first-order valence-corrected chi connectivity index (χ1v) is 10.8. The zero-order chi connectivity index (χ0) is 15.2. The minimum atomic E-state index is -3.51. The van der Waals surface area contributed by atoms with E-state index in [1.54, 1.807) is 21.7 Å². The summed E-state index contributed by atoms with van der Waals surface area (Å²) in [5.41, 5.74) is 1.12. The fourth-order valence-electron chi connectivity index (χ4n) is 2.58. The summed E-state index contributed by atoms with van der Waals surface area (Å²) in [5.74, 6) is 0.322. The van der Waals surface area contributed by atoms with Gasteiger partial charge in [0.15, 0.2) is 0 Å². The summed E-state index contributed by atoms with van der Waals surface area (Å²) >= 11 is 12.2. The van der Waals surface area contributed by atoms with Gasteiger partial charge in [0, 0.05) is 22.3 Å². The van der Waals surface area contributed by atoms with Gasteiger partial charge in [-0.1, -0.05) is 0 Å². The summed E-state index contributed by atoms with van der Waals surface area (Å²) in [4.78, 5) is 2.47. The van der Waals surface area contributed by atoms with Crippen LogP contribution in [0.4, 0.5) is 0 Å². The molecule has 0 spiro atoms. The highest BCUT2D eigenvalue weighted by atomic mass is 79.9. The number of nitrogens with zero attached hydrogens (tertiary/aromatic N) is 1. The van der Waals surface area contributed by atoms with Gasteiger partial charge in [-0.2, -0.15) is 4.31 Å². The third-order valence-electron chi connectivity index (χ3n) is 3.65. The minimum Gasteiger partial charge on any atom is -0.207 e. The Morgan fingerprint density at radius 1 is 1.52 bits per heavy atom. The first-order valence-electron chi connectivity index (χ1n) is 6.37. The number of hydrogen-bond acceptors (Lipinski definition) is 4. The second-order valence-corrected chi connectivity index (χ2v) is 10.4. The molecule has 3 heterocycles. The smallest absolute Gasteiger partial charge is 0.207 e. The molecule has 0 fully saturated rings. The first kappa shape index (κ1) is 16.0. The van der Waals surface area contributed by atoms with Crippen molar-refractivity contribution in [3.8, 4) is 0 Å². The summed E-state index contributed by atoms with van der Waals surface area (Å²) < 4.78 is 28.1. The van der Waals surface area contributed by atoms with Gasteiger partial charge in [0.25, 0.3) is 0 Å². The van der Waals surface area contributed by atoms with Gasteiger partial charge in [0.1, 0.15) is 4.90 Å². The molecular formula is C13H13BrClNO2S3. The van der Waals surface area contributed by atoms with Crippen molar-refractivity contribution in [1.29, 1.82) is 0 Å². The molecule has 0 aliphatic carbocycles. The van der Waals surface area contributed by atoms with E-state index in [4.69, 9.17) is 11.6 Å². The van der Waals surface area contributed by atoms with Crippen LogP contribution in [-0.4, -0.2) is 19.3 Å². The second kappa shape index (κ2) is 5.94. The zero-order valence-corrected chi connectivity index (χ0v) is 16.0. The quantitative estimate of drug-likeness (QED) is 0.672. The monoisotopic (exact) mass is 425 g/mol. The summed E-state index contributed by atoms with van der Waals surface area (Å²) in [7, 11) is -3.51. The highest BCUT2D eigenvalue weighted by molar-refractivity contribution is 9.11. The predicted octanol–water partition coefficient (Wildman–Crippen LogP) is 4.62. The molecule has 1 unspecified atom stereocenters. The number of halogens is 2. The van der Waals surface area contributed by atoms with E-state index in [2.05, 4.69) is 15.9 Å². The van der Waals surface area contributed by atoms with E-state index in [0.717, 1.165) is 16.9 Å². The maximum absolute atomic E-state index is 12.9. The lowest BCUT2D eigenvalue weighted by Gasteiger charge is -2.32. The molecule has 3 rings (SSSR count). The van der Waals surface area contributed by atoms with Gasteiger partial charge in [-0.3, -0.25) is 0 Å². The molecule has 2 aromatic heterocycles. The summed E-state index contributed by atoms with van der Waals surface area (Å²) in [6.45, 7) is 2.47. The molecule has 0 saturated carbocycles. The normalized spacial score (nSPS) is 19.7. The molecule has 0 bridgehead atoms. The van der Waals surface area contributed by atoms with Crippen LogP contribution in [0, 0.1) is 0 Å². The van der Waals surface area contributed by atoms with E-state index in [1.807, 2.05) is 18.4 Å². The Labute approximate surface area is 145 Å². The fourth-order valence-corrected chi connectivity index (χ4v) is 7.88. The molecule has 0 saturated heterocycles. The van der Waals surface area contributed by atoms with Crippen molar-refractivity contribution in [1.82, 2.24) is 4.31 Å². The molecule has 1 aliphatic rings. The largest absolute Gasteiger partial charge is 0.245 e. The molecular weight excluding hydrogens is 414 g/mol. The Morgan fingerprint density at radius 3 is 2.95 bits per heavy atom. The summed E-state index contributed by atoms with van der Waals surface area (Å²) in [6.07, 6.45) is 0.778. The Kier molecular flexibility index (Phi) is 4.51. The van der Waals surface area contributed by atoms with Crippen molar-refractivity contribution in [2.75, 3.05) is 6.54 Å². The average molecular weight is 427 g/mol. The van der Waals surface area contributed by atoms with Crippen LogP contribution in [0.5, 0.6) is 0 Å². The third kappa shape index (κ3) is 2.72. The first-order chi connectivity index (χ1) is 9.95. The van der Waals surface area contributed by atoms with E-state index < -0.39 is 10.0 Å². The molecule has 8 heteroatoms. The number of rotatable bonds is 3. The van der Waals surface area contributed by atoms with Gasteiger partial charge in [-0.25, -0.2) is 8.42 Å². The number of alkyl halides is 1. The van der Waals surface area contributed by atoms with E-state index in [9.17, 15) is 8.42 Å². The molecule has 21 heavy (non-hydrogen) atoms. The Hall–Kier alpha value is 0.0800. The lowest BCUT2D eigenvalue weighted by atomic mass is 10.0. The van der Waals surface area contributed by atoms with Crippen LogP contribution in [0.25, 0.3) is 0 Å². The van der Waals surface area contributed by atoms with Crippen molar-refractivity contribution < 1.29 is 8.42 Å². The second-order valence-electron chi connectivity index (χ2n) is 4.83. The highest BCUT2D eigenvalue weighted by Gasteiger charge is 2.36. The average Bonchev–Trinajstić information content (AvgIpc) is 3.05. The predicted molar refractivity (Wildman–Crippen MR) is 91.9 cm³/mol. The van der Waals surface area contributed by atoms with Crippen molar-refractivity contribution >= 4 is 60.2 Å². The van der Waals surface area contributed by atoms with Crippen LogP contribution in [0.15, 0.2) is 26.2 Å². The van der Waals surface area contributed by atoms with Gasteiger partial charge >= 0.3 is 0 Å². The van der Waals surface area contributed by atoms with Crippen molar-refractivity contribution in [2.45, 2.75) is 30.2 Å². The topological polar surface area (TPSA) is 37.4 Å². The molecule has 1 aliphatic heterocycles. The number of hydrogen-bond donors (Lipinski definition) is 0. The SMILES string of the molecule is CC1c2ccsc2CCN1S(=O)(=O)c1cc(CCl)sc1Br. The molecule has 2 aromatic rings. The summed E-state index contributed by atoms with van der Waals surface area (Å²) in [6, 6.07) is 3.57. The maximum atomic E-state index is 12.9. The Balaban J connectivity index is 2.01. The lowest BCUT2D eigenvalue weighted by molar-refractivity contribution is 0.329. The summed E-state index contributed by atoms with van der Waals surface area (Å²) in [5, 5.41) is 2.03. The fraction of sp³-hybridized carbons (Fsp3) is 0.385.